The maximum Gasteiger partial charge on any atom is 0.561 e. The van der Waals surface area contributed by atoms with E-state index in [1.54, 1.807) is 14.1 Å². The van der Waals surface area contributed by atoms with E-state index in [2.05, 4.69) is 13.5 Å². The number of sulfonamides is 2. The lowest BCUT2D eigenvalue weighted by Gasteiger charge is -2.29. The van der Waals surface area contributed by atoms with Gasteiger partial charge >= 0.3 is 37.0 Å². The molecular weight excluding hydrogens is 586 g/mol. The van der Waals surface area contributed by atoms with Crippen LogP contribution in [-0.4, -0.2) is 75.4 Å². The molecule has 0 aromatic carbocycles. The van der Waals surface area contributed by atoms with E-state index in [9.17, 15) is 43.2 Å². The molecule has 0 saturated heterocycles. The lowest BCUT2D eigenvalue weighted by atomic mass is 10.0. The molecule has 0 heterocycles. The number of likely N-dealkylation sites (N-methyl/N-ethyl adjacent to an activating group) is 1. The summed E-state index contributed by atoms with van der Waals surface area (Å²) < 4.78 is 128. The predicted octanol–water partition coefficient (Wildman–Crippen LogP) is 6.86. The maximum atomic E-state index is 13.0. The smallest absolute Gasteiger partial charge is 0.437 e. The average Bonchev–Trinajstić information content (AvgIpc) is 2.81. The number of quaternary nitrogens is 1. The minimum Gasteiger partial charge on any atom is -0.437 e. The quantitative estimate of drug-likeness (QED) is 0.0345. The lowest BCUT2D eigenvalue weighted by molar-refractivity contribution is -0.890. The van der Waals surface area contributed by atoms with Crippen LogP contribution in [0.5, 0.6) is 0 Å². The van der Waals surface area contributed by atoms with Gasteiger partial charge in [-0.3, -0.25) is 0 Å². The van der Waals surface area contributed by atoms with Gasteiger partial charge in [0.15, 0.2) is 0 Å². The Bertz CT molecular complexity index is 946. The maximum absolute atomic E-state index is 13.0. The van der Waals surface area contributed by atoms with E-state index in [-0.39, 0.29) is 17.1 Å². The highest BCUT2D eigenvalue weighted by Gasteiger charge is 2.68. The second-order valence-electron chi connectivity index (χ2n) is 10.5. The molecule has 0 spiro atoms. The van der Waals surface area contributed by atoms with Crippen LogP contribution >= 0.6 is 0 Å². The van der Waals surface area contributed by atoms with Crippen molar-refractivity contribution in [3.05, 3.63) is 12.7 Å². The highest BCUT2D eigenvalue weighted by Crippen LogP contribution is 2.32. The van der Waals surface area contributed by atoms with Gasteiger partial charge < -0.3 is 9.22 Å². The molecule has 238 valence electrons. The molecule has 0 saturated carbocycles. The molecule has 0 aromatic heterocycles. The van der Waals surface area contributed by atoms with Gasteiger partial charge in [0.05, 0.1) is 24.0 Å². The Hall–Kier alpha value is -1.35. The van der Waals surface area contributed by atoms with Crippen LogP contribution in [0.2, 0.25) is 0 Å². The van der Waals surface area contributed by atoms with Crippen molar-refractivity contribution in [2.75, 3.05) is 33.8 Å². The molecule has 0 aliphatic carbocycles. The summed E-state index contributed by atoms with van der Waals surface area (Å²) in [6, 6.07) is 0. The van der Waals surface area contributed by atoms with E-state index in [4.69, 9.17) is 4.74 Å². The van der Waals surface area contributed by atoms with Crippen LogP contribution in [0.3, 0.4) is 0 Å². The van der Waals surface area contributed by atoms with Crippen molar-refractivity contribution in [2.45, 2.75) is 108 Å². The van der Waals surface area contributed by atoms with Crippen LogP contribution in [0.4, 0.5) is 26.3 Å². The number of halogens is 6. The van der Waals surface area contributed by atoms with Gasteiger partial charge in [-0.25, -0.2) is 0 Å². The van der Waals surface area contributed by atoms with Gasteiger partial charge in [0.25, 0.3) is 0 Å². The molecule has 0 fully saturated rings. The van der Waals surface area contributed by atoms with Gasteiger partial charge in [-0.1, -0.05) is 90.6 Å². The van der Waals surface area contributed by atoms with E-state index in [1.807, 2.05) is 0 Å². The summed E-state index contributed by atoms with van der Waals surface area (Å²) >= 11 is 0. The zero-order valence-corrected chi connectivity index (χ0v) is 25.5. The molecule has 0 atom stereocenters. The number of alkyl halides is 6. The van der Waals surface area contributed by atoms with Gasteiger partial charge in [-0.05, 0) is 12.8 Å². The van der Waals surface area contributed by atoms with Crippen molar-refractivity contribution in [2.24, 2.45) is 0 Å². The van der Waals surface area contributed by atoms with Crippen LogP contribution in [0.25, 0.3) is 0 Å². The highest BCUT2D eigenvalue weighted by atomic mass is 32.3. The first-order valence-electron chi connectivity index (χ1n) is 13.7. The molecule has 0 amide bonds. The molecule has 0 unspecified atom stereocenters. The minimum atomic E-state index is -7.01. The normalized spacial score (nSPS) is 13.3. The molecule has 0 bridgehead atoms. The van der Waals surface area contributed by atoms with Gasteiger partial charge in [0, 0.05) is 6.08 Å². The first kappa shape index (κ1) is 38.6. The molecule has 0 rings (SSSR count). The zero-order chi connectivity index (χ0) is 31.1. The second kappa shape index (κ2) is 17.6. The zero-order valence-electron chi connectivity index (χ0n) is 23.8. The summed E-state index contributed by atoms with van der Waals surface area (Å²) in [6.45, 7) is 5.27. The van der Waals surface area contributed by atoms with E-state index in [0.717, 1.165) is 25.7 Å². The average molecular weight is 633 g/mol. The molecule has 15 heteroatoms. The van der Waals surface area contributed by atoms with Crippen molar-refractivity contribution in [3.63, 3.8) is 0 Å². The van der Waals surface area contributed by atoms with Crippen molar-refractivity contribution in [1.82, 2.24) is 0 Å². The van der Waals surface area contributed by atoms with Crippen LogP contribution in [0.1, 0.15) is 96.8 Å². The topological polar surface area (TPSA) is 80.5 Å². The fourth-order valence-electron chi connectivity index (χ4n) is 3.98. The molecule has 40 heavy (non-hydrogen) atoms. The molecule has 0 radical (unpaired) electrons. The van der Waals surface area contributed by atoms with Gasteiger partial charge in [-0.2, -0.15) is 43.2 Å². The van der Waals surface area contributed by atoms with Crippen LogP contribution in [0, 0.1) is 0 Å². The third-order valence-electron chi connectivity index (χ3n) is 6.44. The Morgan fingerprint density at radius 1 is 0.700 bits per heavy atom. The van der Waals surface area contributed by atoms with E-state index < -0.39 is 47.0 Å². The largest absolute Gasteiger partial charge is 0.561 e. The van der Waals surface area contributed by atoms with Crippen molar-refractivity contribution >= 4 is 25.9 Å². The Kier molecular flexibility index (Phi) is 17.0. The van der Waals surface area contributed by atoms with Crippen molar-refractivity contribution in [3.8, 4) is 0 Å². The SMILES string of the molecule is C=CC(OCC[N+](C)(C)CCCCCCCCCCCCCCCC)=[N+](S(=O)(=O)C(F)(F)F)S(=O)(=O)C(F)(F)F. The van der Waals surface area contributed by atoms with Crippen molar-refractivity contribution < 1.29 is 55.8 Å². The van der Waals surface area contributed by atoms with Crippen LogP contribution in [-0.2, 0) is 24.8 Å². The van der Waals surface area contributed by atoms with Gasteiger partial charge in [0.2, 0.25) is 0 Å². The van der Waals surface area contributed by atoms with Crippen LogP contribution < -0.4 is 0 Å². The molecule has 0 aromatic rings. The number of hydrogen-bond donors (Lipinski definition) is 0. The summed E-state index contributed by atoms with van der Waals surface area (Å²) in [4.78, 5) is 0. The Morgan fingerprint density at radius 3 is 1.38 bits per heavy atom. The highest BCUT2D eigenvalue weighted by molar-refractivity contribution is 7.98. The summed E-state index contributed by atoms with van der Waals surface area (Å²) in [7, 11) is -10.5. The summed E-state index contributed by atoms with van der Waals surface area (Å²) in [5.41, 5.74) is -12.7. The lowest BCUT2D eigenvalue weighted by Crippen LogP contribution is -2.47. The number of unbranched alkanes of at least 4 members (excludes halogenated alkanes) is 13. The fraction of sp³-hybridized carbons (Fsp3) is 0.880. The van der Waals surface area contributed by atoms with E-state index in [1.165, 1.54) is 64.2 Å². The molecule has 0 aliphatic rings. The first-order chi connectivity index (χ1) is 18.3. The second-order valence-corrected chi connectivity index (χ2v) is 14.3. The number of hydrogen-bond acceptors (Lipinski definition) is 5. The first-order valence-corrected chi connectivity index (χ1v) is 16.6. The third kappa shape index (κ3) is 13.5. The monoisotopic (exact) mass is 632 g/mol. The summed E-state index contributed by atoms with van der Waals surface area (Å²) in [5.74, 6) is -1.70. The molecular formula is C25H46F6N2O5S2+2. The summed E-state index contributed by atoms with van der Waals surface area (Å²) in [5, 5.41) is 0. The summed E-state index contributed by atoms with van der Waals surface area (Å²) in [6.07, 6.45) is 16.8. The minimum absolute atomic E-state index is 0.0573. The molecule has 0 aliphatic heterocycles. The standard InChI is InChI=1S/C25H46F6N2O5S2/c1-5-7-8-9-10-11-12-13-14-15-16-17-18-19-20-33(3,4)21-22-38-23(6-2)32(39(34,35)24(26,27)28)40(36,37)25(29,30)31/h6H,2,5,7-22H2,1,3-4H3/q+2. The van der Waals surface area contributed by atoms with Gasteiger partial charge in [-0.15, -0.1) is 0 Å². The molecule has 0 N–H and O–H groups in total. The fourth-order valence-corrected chi connectivity index (χ4v) is 6.63. The number of nitrogens with zero attached hydrogens (tertiary/aromatic N) is 2. The molecule has 7 nitrogen and oxygen atoms in total. The number of ether oxygens (including phenoxy) is 1. The van der Waals surface area contributed by atoms with Crippen LogP contribution in [0.15, 0.2) is 12.7 Å². The Morgan fingerprint density at radius 2 is 1.05 bits per heavy atom. The third-order valence-corrected chi connectivity index (χ3v) is 10.0. The Labute approximate surface area is 236 Å². The van der Waals surface area contributed by atoms with E-state index in [0.29, 0.717) is 6.54 Å². The predicted molar refractivity (Wildman–Crippen MR) is 144 cm³/mol. The van der Waals surface area contributed by atoms with Crippen molar-refractivity contribution in [1.29, 1.82) is 0 Å². The van der Waals surface area contributed by atoms with Gasteiger partial charge in [0.1, 0.15) is 13.2 Å². The Balaban J connectivity index is 4.74. The number of rotatable bonds is 21. The van der Waals surface area contributed by atoms with E-state index >= 15 is 0 Å².